The summed E-state index contributed by atoms with van der Waals surface area (Å²) in [6.45, 7) is 5.60. The molecular weight excluding hydrogens is 422 g/mol. The molecule has 0 bridgehead atoms. The summed E-state index contributed by atoms with van der Waals surface area (Å²) >= 11 is 9.52. The van der Waals surface area contributed by atoms with Gasteiger partial charge in [-0.25, -0.2) is 4.98 Å². The Morgan fingerprint density at radius 1 is 1.17 bits per heavy atom. The molecule has 0 saturated heterocycles. The molecule has 3 aromatic rings. The van der Waals surface area contributed by atoms with Gasteiger partial charge < -0.3 is 4.90 Å². The van der Waals surface area contributed by atoms with Gasteiger partial charge >= 0.3 is 0 Å². The first-order valence-electron chi connectivity index (χ1n) is 9.66. The summed E-state index contributed by atoms with van der Waals surface area (Å²) < 4.78 is 1.04. The second-order valence-electron chi connectivity index (χ2n) is 7.06. The highest BCUT2D eigenvalue weighted by atomic mass is 35.5. The van der Waals surface area contributed by atoms with E-state index in [4.69, 9.17) is 16.6 Å². The van der Waals surface area contributed by atoms with Crippen LogP contribution in [0, 0.1) is 6.92 Å². The largest absolute Gasteiger partial charge is 0.309 e. The lowest BCUT2D eigenvalue weighted by molar-refractivity contribution is 0.0983. The third-order valence-corrected chi connectivity index (χ3v) is 7.03. The lowest BCUT2D eigenvalue weighted by Crippen LogP contribution is -2.33. The molecular formula is C22H26ClN3OS2. The molecule has 0 N–H and O–H groups in total. The van der Waals surface area contributed by atoms with Crippen molar-refractivity contribution in [2.45, 2.75) is 25.2 Å². The number of thiazole rings is 1. The maximum atomic E-state index is 13.6. The molecule has 1 aromatic heterocycles. The van der Waals surface area contributed by atoms with Gasteiger partial charge in [0.1, 0.15) is 0 Å². The molecule has 3 rings (SSSR count). The number of amides is 1. The summed E-state index contributed by atoms with van der Waals surface area (Å²) in [7, 11) is 4.09. The van der Waals surface area contributed by atoms with E-state index in [1.165, 1.54) is 0 Å². The number of carbonyl (C=O) groups excluding carboxylic acids is 1. The molecule has 0 unspecified atom stereocenters. The van der Waals surface area contributed by atoms with E-state index < -0.39 is 0 Å². The van der Waals surface area contributed by atoms with Crippen LogP contribution in [-0.2, 0) is 0 Å². The van der Waals surface area contributed by atoms with Crippen molar-refractivity contribution < 1.29 is 4.79 Å². The smallest absolute Gasteiger partial charge is 0.261 e. The number of benzene rings is 2. The van der Waals surface area contributed by atoms with Gasteiger partial charge in [0, 0.05) is 16.5 Å². The number of anilines is 1. The van der Waals surface area contributed by atoms with Crippen LogP contribution in [0.25, 0.3) is 10.2 Å². The summed E-state index contributed by atoms with van der Waals surface area (Å²) in [6.07, 6.45) is 0.873. The van der Waals surface area contributed by atoms with Crippen molar-refractivity contribution in [3.63, 3.8) is 0 Å². The van der Waals surface area contributed by atoms with Crippen LogP contribution in [0.4, 0.5) is 5.13 Å². The molecule has 2 aromatic carbocycles. The minimum absolute atomic E-state index is 0.00288. The van der Waals surface area contributed by atoms with E-state index in [0.717, 1.165) is 50.1 Å². The second-order valence-corrected chi connectivity index (χ2v) is 9.78. The second kappa shape index (κ2) is 9.94. The zero-order chi connectivity index (χ0) is 21.0. The first-order chi connectivity index (χ1) is 13.9. The van der Waals surface area contributed by atoms with E-state index in [1.54, 1.807) is 23.1 Å². The van der Waals surface area contributed by atoms with Gasteiger partial charge in [0.05, 0.1) is 15.8 Å². The van der Waals surface area contributed by atoms with E-state index in [-0.39, 0.29) is 5.91 Å². The highest BCUT2D eigenvalue weighted by Gasteiger charge is 2.23. The predicted molar refractivity (Wildman–Crippen MR) is 127 cm³/mol. The topological polar surface area (TPSA) is 36.4 Å². The highest BCUT2D eigenvalue weighted by Crippen LogP contribution is 2.35. The summed E-state index contributed by atoms with van der Waals surface area (Å²) in [5.41, 5.74) is 2.56. The Morgan fingerprint density at radius 2 is 1.93 bits per heavy atom. The van der Waals surface area contributed by atoms with Gasteiger partial charge in [-0.2, -0.15) is 0 Å². The van der Waals surface area contributed by atoms with Crippen molar-refractivity contribution in [1.82, 2.24) is 9.88 Å². The van der Waals surface area contributed by atoms with Gasteiger partial charge in [-0.05, 0) is 69.6 Å². The molecule has 0 aliphatic carbocycles. The van der Waals surface area contributed by atoms with Crippen LogP contribution in [0.1, 0.15) is 29.3 Å². The average Bonchev–Trinajstić information content (AvgIpc) is 3.13. The Hall–Kier alpha value is -1.60. The number of nitrogens with zero attached hydrogens (tertiary/aromatic N) is 3. The van der Waals surface area contributed by atoms with Gasteiger partial charge in [0.15, 0.2) is 5.13 Å². The molecule has 1 amide bonds. The van der Waals surface area contributed by atoms with Crippen LogP contribution in [0.2, 0.25) is 5.02 Å². The average molecular weight is 448 g/mol. The Labute approximate surface area is 185 Å². The fourth-order valence-corrected chi connectivity index (χ4v) is 5.10. The lowest BCUT2D eigenvalue weighted by Gasteiger charge is -2.22. The predicted octanol–water partition coefficient (Wildman–Crippen LogP) is 5.97. The van der Waals surface area contributed by atoms with E-state index in [1.807, 2.05) is 62.3 Å². The molecule has 7 heteroatoms. The molecule has 0 atom stereocenters. The molecule has 4 nitrogen and oxygen atoms in total. The summed E-state index contributed by atoms with van der Waals surface area (Å²) in [5, 5.41) is 1.43. The van der Waals surface area contributed by atoms with E-state index in [0.29, 0.717) is 11.6 Å². The van der Waals surface area contributed by atoms with Crippen LogP contribution in [0.15, 0.2) is 41.3 Å². The van der Waals surface area contributed by atoms with E-state index in [2.05, 4.69) is 11.8 Å². The van der Waals surface area contributed by atoms with Crippen LogP contribution < -0.4 is 4.90 Å². The fourth-order valence-electron chi connectivity index (χ4n) is 3.10. The molecule has 154 valence electrons. The number of carbonyl (C=O) groups is 1. The molecule has 0 aliphatic heterocycles. The third kappa shape index (κ3) is 5.12. The zero-order valence-corrected chi connectivity index (χ0v) is 19.6. The van der Waals surface area contributed by atoms with Crippen LogP contribution in [0.3, 0.4) is 0 Å². The maximum Gasteiger partial charge on any atom is 0.261 e. The molecule has 0 aliphatic rings. The number of aryl methyl sites for hydroxylation is 1. The monoisotopic (exact) mass is 447 g/mol. The standard InChI is InChI=1S/C22H26ClN3OS2/c1-5-28-18-10-7-6-9-16(18)21(27)26(14-8-13-25(3)4)22-24-20-15(2)17(23)11-12-19(20)29-22/h6-7,9-12H,5,8,13-14H2,1-4H3. The van der Waals surface area contributed by atoms with Crippen molar-refractivity contribution in [3.8, 4) is 0 Å². The van der Waals surface area contributed by atoms with Crippen molar-refractivity contribution in [2.24, 2.45) is 0 Å². The van der Waals surface area contributed by atoms with Gasteiger partial charge in [-0.15, -0.1) is 11.8 Å². The van der Waals surface area contributed by atoms with Gasteiger partial charge in [0.2, 0.25) is 0 Å². The first kappa shape index (κ1) is 22.1. The van der Waals surface area contributed by atoms with Crippen molar-refractivity contribution >= 4 is 56.0 Å². The van der Waals surface area contributed by atoms with E-state index in [9.17, 15) is 4.79 Å². The van der Waals surface area contributed by atoms with Gasteiger partial charge in [-0.1, -0.05) is 42.0 Å². The Kier molecular flexibility index (Phi) is 7.57. The van der Waals surface area contributed by atoms with Crippen LogP contribution >= 0.6 is 34.7 Å². The normalized spacial score (nSPS) is 11.4. The van der Waals surface area contributed by atoms with Crippen LogP contribution in [-0.4, -0.2) is 48.7 Å². The molecule has 1 heterocycles. The molecule has 0 radical (unpaired) electrons. The molecule has 0 fully saturated rings. The third-order valence-electron chi connectivity index (χ3n) is 4.62. The zero-order valence-electron chi connectivity index (χ0n) is 17.2. The number of rotatable bonds is 8. The number of hydrogen-bond acceptors (Lipinski definition) is 5. The number of aromatic nitrogens is 1. The molecule has 0 spiro atoms. The summed E-state index contributed by atoms with van der Waals surface area (Å²) in [5.74, 6) is 0.923. The number of thioether (sulfide) groups is 1. The lowest BCUT2D eigenvalue weighted by atomic mass is 10.2. The number of fused-ring (bicyclic) bond motifs is 1. The summed E-state index contributed by atoms with van der Waals surface area (Å²) in [4.78, 5) is 23.4. The SMILES string of the molecule is CCSc1ccccc1C(=O)N(CCCN(C)C)c1nc2c(C)c(Cl)ccc2s1. The van der Waals surface area contributed by atoms with Crippen molar-refractivity contribution in [3.05, 3.63) is 52.5 Å². The first-order valence-corrected chi connectivity index (χ1v) is 11.8. The minimum atomic E-state index is 0.00288. The highest BCUT2D eigenvalue weighted by molar-refractivity contribution is 7.99. The Bertz CT molecular complexity index is 1000. The Balaban J connectivity index is 2.01. The Morgan fingerprint density at radius 3 is 2.66 bits per heavy atom. The fraction of sp³-hybridized carbons (Fsp3) is 0.364. The van der Waals surface area contributed by atoms with E-state index >= 15 is 0 Å². The summed E-state index contributed by atoms with van der Waals surface area (Å²) in [6, 6.07) is 11.7. The van der Waals surface area contributed by atoms with Crippen LogP contribution in [0.5, 0.6) is 0 Å². The quantitative estimate of drug-likeness (QED) is 0.398. The van der Waals surface area contributed by atoms with Crippen molar-refractivity contribution in [1.29, 1.82) is 0 Å². The molecule has 29 heavy (non-hydrogen) atoms. The number of hydrogen-bond donors (Lipinski definition) is 0. The number of halogens is 1. The van der Waals surface area contributed by atoms with Gasteiger partial charge in [0.25, 0.3) is 5.91 Å². The van der Waals surface area contributed by atoms with Crippen molar-refractivity contribution in [2.75, 3.05) is 37.8 Å². The molecule has 0 saturated carbocycles. The van der Waals surface area contributed by atoms with Gasteiger partial charge in [-0.3, -0.25) is 9.69 Å². The maximum absolute atomic E-state index is 13.6. The minimum Gasteiger partial charge on any atom is -0.309 e.